The third-order valence-electron chi connectivity index (χ3n) is 3.02. The van der Waals surface area contributed by atoms with Gasteiger partial charge in [0.1, 0.15) is 11.0 Å². The zero-order chi connectivity index (χ0) is 11.7. The summed E-state index contributed by atoms with van der Waals surface area (Å²) < 4.78 is 5.34. The van der Waals surface area contributed by atoms with Crippen LogP contribution < -0.4 is 4.90 Å². The van der Waals surface area contributed by atoms with Crippen molar-refractivity contribution in [2.45, 2.75) is 0 Å². The highest BCUT2D eigenvalue weighted by molar-refractivity contribution is 6.34. The van der Waals surface area contributed by atoms with Gasteiger partial charge in [-0.05, 0) is 11.5 Å². The molecule has 0 aliphatic carbocycles. The standard InChI is InChI=1S/C13H13ClN2O/c14-13-11-4-2-1-3-10(11)9-12(15-13)16-5-7-17-8-6-16/h1-4,9H,5-8H2. The van der Waals surface area contributed by atoms with Gasteiger partial charge < -0.3 is 9.64 Å². The van der Waals surface area contributed by atoms with E-state index in [-0.39, 0.29) is 0 Å². The summed E-state index contributed by atoms with van der Waals surface area (Å²) in [5, 5.41) is 2.71. The molecule has 0 saturated carbocycles. The molecule has 0 unspecified atom stereocenters. The maximum Gasteiger partial charge on any atom is 0.139 e. The molecule has 4 heteroatoms. The van der Waals surface area contributed by atoms with E-state index in [0.717, 1.165) is 42.9 Å². The lowest BCUT2D eigenvalue weighted by atomic mass is 10.2. The van der Waals surface area contributed by atoms with Gasteiger partial charge in [0.05, 0.1) is 13.2 Å². The van der Waals surface area contributed by atoms with Gasteiger partial charge in [0.2, 0.25) is 0 Å². The molecule has 1 aromatic heterocycles. The Morgan fingerprint density at radius 2 is 1.94 bits per heavy atom. The van der Waals surface area contributed by atoms with Crippen molar-refractivity contribution in [3.63, 3.8) is 0 Å². The van der Waals surface area contributed by atoms with Crippen LogP contribution in [0.3, 0.4) is 0 Å². The highest BCUT2D eigenvalue weighted by atomic mass is 35.5. The molecule has 2 heterocycles. The normalized spacial score (nSPS) is 16.4. The Morgan fingerprint density at radius 3 is 2.76 bits per heavy atom. The van der Waals surface area contributed by atoms with E-state index in [1.807, 2.05) is 18.2 Å². The molecule has 88 valence electrons. The number of halogens is 1. The second-order valence-electron chi connectivity index (χ2n) is 4.09. The number of hydrogen-bond donors (Lipinski definition) is 0. The summed E-state index contributed by atoms with van der Waals surface area (Å²) in [6, 6.07) is 10.1. The Morgan fingerprint density at radius 1 is 1.18 bits per heavy atom. The molecule has 1 aromatic carbocycles. The number of ether oxygens (including phenoxy) is 1. The van der Waals surface area contributed by atoms with E-state index in [4.69, 9.17) is 16.3 Å². The predicted molar refractivity (Wildman–Crippen MR) is 69.8 cm³/mol. The number of nitrogens with zero attached hydrogens (tertiary/aromatic N) is 2. The van der Waals surface area contributed by atoms with Gasteiger partial charge in [-0.3, -0.25) is 0 Å². The van der Waals surface area contributed by atoms with E-state index >= 15 is 0 Å². The summed E-state index contributed by atoms with van der Waals surface area (Å²) >= 11 is 6.21. The van der Waals surface area contributed by atoms with Crippen LogP contribution in [0.15, 0.2) is 30.3 Å². The second-order valence-corrected chi connectivity index (χ2v) is 4.45. The Bertz CT molecular complexity index is 538. The minimum atomic E-state index is 0.574. The number of pyridine rings is 1. The fourth-order valence-electron chi connectivity index (χ4n) is 2.10. The molecule has 0 amide bonds. The fraction of sp³-hybridized carbons (Fsp3) is 0.308. The summed E-state index contributed by atoms with van der Waals surface area (Å²) in [4.78, 5) is 6.67. The molecule has 0 spiro atoms. The zero-order valence-electron chi connectivity index (χ0n) is 9.40. The zero-order valence-corrected chi connectivity index (χ0v) is 10.2. The number of aromatic nitrogens is 1. The monoisotopic (exact) mass is 248 g/mol. The van der Waals surface area contributed by atoms with E-state index in [1.165, 1.54) is 0 Å². The van der Waals surface area contributed by atoms with Gasteiger partial charge in [-0.15, -0.1) is 0 Å². The number of anilines is 1. The summed E-state index contributed by atoms with van der Waals surface area (Å²) in [6.07, 6.45) is 0. The van der Waals surface area contributed by atoms with E-state index in [2.05, 4.69) is 22.0 Å². The minimum Gasteiger partial charge on any atom is -0.378 e. The van der Waals surface area contributed by atoms with Gasteiger partial charge in [0.15, 0.2) is 0 Å². The van der Waals surface area contributed by atoms with Crippen LogP contribution in [0.2, 0.25) is 5.15 Å². The molecule has 3 nitrogen and oxygen atoms in total. The van der Waals surface area contributed by atoms with Crippen molar-refractivity contribution in [3.8, 4) is 0 Å². The van der Waals surface area contributed by atoms with Crippen LogP contribution in [0.4, 0.5) is 5.82 Å². The molecule has 0 radical (unpaired) electrons. The molecule has 1 saturated heterocycles. The lowest BCUT2D eigenvalue weighted by Crippen LogP contribution is -2.36. The van der Waals surface area contributed by atoms with Gasteiger partial charge in [-0.1, -0.05) is 35.9 Å². The summed E-state index contributed by atoms with van der Waals surface area (Å²) in [7, 11) is 0. The van der Waals surface area contributed by atoms with Gasteiger partial charge in [-0.25, -0.2) is 4.98 Å². The first-order chi connectivity index (χ1) is 8.34. The average molecular weight is 249 g/mol. The molecule has 0 atom stereocenters. The first kappa shape index (κ1) is 10.8. The molecule has 1 aliphatic rings. The maximum atomic E-state index is 6.21. The van der Waals surface area contributed by atoms with Crippen LogP contribution in [0.5, 0.6) is 0 Å². The molecule has 0 N–H and O–H groups in total. The summed E-state index contributed by atoms with van der Waals surface area (Å²) in [6.45, 7) is 3.27. The third kappa shape index (κ3) is 2.08. The number of morpholine rings is 1. The van der Waals surface area contributed by atoms with E-state index < -0.39 is 0 Å². The SMILES string of the molecule is Clc1nc(N2CCOCC2)cc2ccccc12. The lowest BCUT2D eigenvalue weighted by molar-refractivity contribution is 0.122. The third-order valence-corrected chi connectivity index (χ3v) is 3.30. The molecular weight excluding hydrogens is 236 g/mol. The summed E-state index contributed by atoms with van der Waals surface area (Å²) in [5.74, 6) is 0.942. The van der Waals surface area contributed by atoms with Crippen molar-refractivity contribution >= 4 is 28.2 Å². The number of rotatable bonds is 1. The van der Waals surface area contributed by atoms with Crippen LogP contribution in [0.1, 0.15) is 0 Å². The first-order valence-electron chi connectivity index (χ1n) is 5.72. The van der Waals surface area contributed by atoms with Gasteiger partial charge in [0, 0.05) is 18.5 Å². The molecule has 3 rings (SSSR count). The minimum absolute atomic E-state index is 0.574. The van der Waals surface area contributed by atoms with Crippen LogP contribution >= 0.6 is 11.6 Å². The van der Waals surface area contributed by atoms with E-state index in [0.29, 0.717) is 5.15 Å². The number of hydrogen-bond acceptors (Lipinski definition) is 3. The maximum absolute atomic E-state index is 6.21. The predicted octanol–water partition coefficient (Wildman–Crippen LogP) is 2.72. The lowest BCUT2D eigenvalue weighted by Gasteiger charge is -2.28. The Hall–Kier alpha value is -1.32. The number of fused-ring (bicyclic) bond motifs is 1. The Balaban J connectivity index is 2.05. The quantitative estimate of drug-likeness (QED) is 0.726. The fourth-order valence-corrected chi connectivity index (χ4v) is 2.36. The van der Waals surface area contributed by atoms with Crippen molar-refractivity contribution in [2.75, 3.05) is 31.2 Å². The van der Waals surface area contributed by atoms with Crippen molar-refractivity contribution in [1.29, 1.82) is 0 Å². The van der Waals surface area contributed by atoms with E-state index in [1.54, 1.807) is 0 Å². The van der Waals surface area contributed by atoms with Gasteiger partial charge >= 0.3 is 0 Å². The topological polar surface area (TPSA) is 25.4 Å². The molecule has 1 fully saturated rings. The highest BCUT2D eigenvalue weighted by Crippen LogP contribution is 2.26. The smallest absolute Gasteiger partial charge is 0.139 e. The first-order valence-corrected chi connectivity index (χ1v) is 6.10. The van der Waals surface area contributed by atoms with Crippen LogP contribution in [0, 0.1) is 0 Å². The molecule has 17 heavy (non-hydrogen) atoms. The van der Waals surface area contributed by atoms with Crippen LogP contribution in [-0.4, -0.2) is 31.3 Å². The Kier molecular flexibility index (Phi) is 2.87. The largest absolute Gasteiger partial charge is 0.378 e. The molecular formula is C13H13ClN2O. The Labute approximate surface area is 105 Å². The summed E-state index contributed by atoms with van der Waals surface area (Å²) in [5.41, 5.74) is 0. The van der Waals surface area contributed by atoms with Crippen molar-refractivity contribution < 1.29 is 4.74 Å². The molecule has 0 bridgehead atoms. The van der Waals surface area contributed by atoms with Crippen LogP contribution in [-0.2, 0) is 4.74 Å². The highest BCUT2D eigenvalue weighted by Gasteiger charge is 2.14. The van der Waals surface area contributed by atoms with Crippen molar-refractivity contribution in [3.05, 3.63) is 35.5 Å². The van der Waals surface area contributed by atoms with E-state index in [9.17, 15) is 0 Å². The van der Waals surface area contributed by atoms with Crippen LogP contribution in [0.25, 0.3) is 10.8 Å². The van der Waals surface area contributed by atoms with Crippen molar-refractivity contribution in [1.82, 2.24) is 4.98 Å². The van der Waals surface area contributed by atoms with Gasteiger partial charge in [0.25, 0.3) is 0 Å². The number of benzene rings is 1. The molecule has 2 aromatic rings. The second kappa shape index (κ2) is 4.51. The van der Waals surface area contributed by atoms with Gasteiger partial charge in [-0.2, -0.15) is 0 Å². The average Bonchev–Trinajstić information content (AvgIpc) is 2.40. The molecule has 1 aliphatic heterocycles. The van der Waals surface area contributed by atoms with Crippen molar-refractivity contribution in [2.24, 2.45) is 0 Å².